The molecular formula is C16H26N2S. The van der Waals surface area contributed by atoms with Crippen LogP contribution in [0.1, 0.15) is 50.2 Å². The molecule has 0 fully saturated rings. The van der Waals surface area contributed by atoms with Gasteiger partial charge in [-0.15, -0.1) is 0 Å². The third-order valence-electron chi connectivity index (χ3n) is 3.42. The van der Waals surface area contributed by atoms with Crippen molar-refractivity contribution in [3.63, 3.8) is 0 Å². The molecule has 2 N–H and O–H groups in total. The van der Waals surface area contributed by atoms with Crippen molar-refractivity contribution in [1.82, 2.24) is 5.32 Å². The van der Waals surface area contributed by atoms with Crippen LogP contribution >= 0.6 is 12.2 Å². The highest BCUT2D eigenvalue weighted by Gasteiger charge is 2.02. The predicted molar refractivity (Wildman–Crippen MR) is 88.9 cm³/mol. The van der Waals surface area contributed by atoms with E-state index >= 15 is 0 Å². The van der Waals surface area contributed by atoms with Gasteiger partial charge in [-0.25, -0.2) is 0 Å². The molecule has 1 aromatic carbocycles. The quantitative estimate of drug-likeness (QED) is 0.565. The Morgan fingerprint density at radius 3 is 2.58 bits per heavy atom. The third-order valence-corrected chi connectivity index (χ3v) is 3.67. The van der Waals surface area contributed by atoms with Gasteiger partial charge in [0.1, 0.15) is 0 Å². The molecule has 0 spiro atoms. The smallest absolute Gasteiger partial charge is 0.170 e. The highest BCUT2D eigenvalue weighted by Crippen LogP contribution is 2.17. The maximum atomic E-state index is 5.32. The van der Waals surface area contributed by atoms with Gasteiger partial charge in [0, 0.05) is 12.2 Å². The maximum absolute atomic E-state index is 5.32. The molecule has 0 unspecified atom stereocenters. The van der Waals surface area contributed by atoms with E-state index in [9.17, 15) is 0 Å². The fraction of sp³-hybridized carbons (Fsp3) is 0.562. The lowest BCUT2D eigenvalue weighted by Gasteiger charge is -2.13. The molecule has 0 aliphatic heterocycles. The Balaban J connectivity index is 2.26. The molecule has 2 nitrogen and oxygen atoms in total. The van der Waals surface area contributed by atoms with Crippen LogP contribution in [0.3, 0.4) is 0 Å². The second-order valence-corrected chi connectivity index (χ2v) is 5.45. The van der Waals surface area contributed by atoms with E-state index in [1.807, 2.05) is 0 Å². The van der Waals surface area contributed by atoms with E-state index in [1.165, 1.54) is 43.2 Å². The molecule has 1 aromatic rings. The summed E-state index contributed by atoms with van der Waals surface area (Å²) >= 11 is 5.32. The zero-order valence-electron chi connectivity index (χ0n) is 12.4. The summed E-state index contributed by atoms with van der Waals surface area (Å²) < 4.78 is 0. The molecular weight excluding hydrogens is 252 g/mol. The van der Waals surface area contributed by atoms with E-state index in [-0.39, 0.29) is 0 Å². The van der Waals surface area contributed by atoms with E-state index in [1.54, 1.807) is 0 Å². The number of anilines is 1. The number of hydrogen-bond donors (Lipinski definition) is 2. The van der Waals surface area contributed by atoms with Crippen molar-refractivity contribution in [2.24, 2.45) is 0 Å². The van der Waals surface area contributed by atoms with Crippen LogP contribution in [0.2, 0.25) is 0 Å². The number of rotatable bonds is 7. The lowest BCUT2D eigenvalue weighted by atomic mass is 10.1. The third kappa shape index (κ3) is 6.06. The minimum absolute atomic E-state index is 0.726. The van der Waals surface area contributed by atoms with Gasteiger partial charge in [-0.3, -0.25) is 0 Å². The first kappa shape index (κ1) is 16.0. The molecule has 19 heavy (non-hydrogen) atoms. The van der Waals surface area contributed by atoms with Crippen molar-refractivity contribution < 1.29 is 0 Å². The molecule has 3 heteroatoms. The average Bonchev–Trinajstić information content (AvgIpc) is 2.39. The topological polar surface area (TPSA) is 24.1 Å². The van der Waals surface area contributed by atoms with Crippen LogP contribution in [0.5, 0.6) is 0 Å². The minimum Gasteiger partial charge on any atom is -0.362 e. The number of unbranched alkanes of at least 4 members (excludes halogenated alkanes) is 4. The van der Waals surface area contributed by atoms with Crippen LogP contribution in [0.15, 0.2) is 18.2 Å². The molecule has 0 aliphatic rings. The van der Waals surface area contributed by atoms with Gasteiger partial charge in [0.05, 0.1) is 0 Å². The number of benzene rings is 1. The van der Waals surface area contributed by atoms with Gasteiger partial charge >= 0.3 is 0 Å². The molecule has 0 amide bonds. The first-order valence-corrected chi connectivity index (χ1v) is 7.67. The lowest BCUT2D eigenvalue weighted by molar-refractivity contribution is 0.625. The zero-order valence-corrected chi connectivity index (χ0v) is 13.2. The van der Waals surface area contributed by atoms with Crippen LogP contribution in [-0.2, 0) is 0 Å². The second kappa shape index (κ2) is 8.92. The van der Waals surface area contributed by atoms with Crippen LogP contribution in [0.25, 0.3) is 0 Å². The van der Waals surface area contributed by atoms with Crippen LogP contribution in [-0.4, -0.2) is 11.7 Å². The molecule has 0 atom stereocenters. The summed E-state index contributed by atoms with van der Waals surface area (Å²) in [5, 5.41) is 7.27. The van der Waals surface area contributed by atoms with Gasteiger partial charge in [0.25, 0.3) is 0 Å². The molecule has 0 saturated carbocycles. The summed E-state index contributed by atoms with van der Waals surface area (Å²) in [5.74, 6) is 0. The highest BCUT2D eigenvalue weighted by atomic mass is 32.1. The van der Waals surface area contributed by atoms with Crippen molar-refractivity contribution in [3.05, 3.63) is 29.3 Å². The summed E-state index contributed by atoms with van der Waals surface area (Å²) in [6.07, 6.45) is 6.43. The molecule has 0 aliphatic carbocycles. The fourth-order valence-corrected chi connectivity index (χ4v) is 2.20. The van der Waals surface area contributed by atoms with E-state index in [0.29, 0.717) is 0 Å². The second-order valence-electron chi connectivity index (χ2n) is 5.04. The van der Waals surface area contributed by atoms with Crippen molar-refractivity contribution >= 4 is 23.0 Å². The Hall–Kier alpha value is -1.09. The fourth-order valence-electron chi connectivity index (χ4n) is 1.98. The largest absolute Gasteiger partial charge is 0.362 e. The van der Waals surface area contributed by atoms with Gasteiger partial charge in [-0.05, 0) is 49.7 Å². The van der Waals surface area contributed by atoms with Gasteiger partial charge in [0.15, 0.2) is 5.11 Å². The van der Waals surface area contributed by atoms with Gasteiger partial charge < -0.3 is 10.6 Å². The zero-order chi connectivity index (χ0) is 14.1. The van der Waals surface area contributed by atoms with E-state index in [0.717, 1.165) is 17.3 Å². The molecule has 0 bridgehead atoms. The Bertz CT molecular complexity index is 402. The lowest BCUT2D eigenvalue weighted by Crippen LogP contribution is -2.29. The predicted octanol–water partition coefficient (Wildman–Crippen LogP) is 4.56. The Morgan fingerprint density at radius 2 is 1.84 bits per heavy atom. The Morgan fingerprint density at radius 1 is 1.11 bits per heavy atom. The normalized spacial score (nSPS) is 10.3. The highest BCUT2D eigenvalue weighted by molar-refractivity contribution is 7.80. The van der Waals surface area contributed by atoms with Crippen LogP contribution < -0.4 is 10.6 Å². The Kier molecular flexibility index (Phi) is 7.49. The number of thiocarbonyl (C=S) groups is 1. The standard InChI is InChI=1S/C16H26N2S/c1-4-5-6-7-8-12-17-16(19)18-15-11-9-10-13(2)14(15)3/h9-11H,4-8,12H2,1-3H3,(H2,17,18,19). The molecule has 0 saturated heterocycles. The van der Waals surface area contributed by atoms with E-state index < -0.39 is 0 Å². The SMILES string of the molecule is CCCCCCCNC(=S)Nc1cccc(C)c1C. The van der Waals surface area contributed by atoms with Crippen molar-refractivity contribution in [2.45, 2.75) is 52.9 Å². The molecule has 0 radical (unpaired) electrons. The molecule has 106 valence electrons. The summed E-state index contributed by atoms with van der Waals surface area (Å²) in [6, 6.07) is 6.24. The van der Waals surface area contributed by atoms with Gasteiger partial charge in [-0.2, -0.15) is 0 Å². The summed E-state index contributed by atoms with van der Waals surface area (Å²) in [7, 11) is 0. The summed E-state index contributed by atoms with van der Waals surface area (Å²) in [5.41, 5.74) is 3.64. The van der Waals surface area contributed by atoms with Crippen molar-refractivity contribution in [2.75, 3.05) is 11.9 Å². The first-order valence-electron chi connectivity index (χ1n) is 7.26. The monoisotopic (exact) mass is 278 g/mol. The molecule has 1 rings (SSSR count). The van der Waals surface area contributed by atoms with Crippen LogP contribution in [0, 0.1) is 13.8 Å². The average molecular weight is 278 g/mol. The molecule has 0 aromatic heterocycles. The van der Waals surface area contributed by atoms with Crippen molar-refractivity contribution in [3.8, 4) is 0 Å². The van der Waals surface area contributed by atoms with E-state index in [2.05, 4.69) is 49.6 Å². The first-order chi connectivity index (χ1) is 9.15. The van der Waals surface area contributed by atoms with Crippen LogP contribution in [0.4, 0.5) is 5.69 Å². The molecule has 0 heterocycles. The maximum Gasteiger partial charge on any atom is 0.170 e. The van der Waals surface area contributed by atoms with E-state index in [4.69, 9.17) is 12.2 Å². The van der Waals surface area contributed by atoms with Crippen molar-refractivity contribution in [1.29, 1.82) is 0 Å². The number of aryl methyl sites for hydroxylation is 1. The van der Waals surface area contributed by atoms with Gasteiger partial charge in [0.2, 0.25) is 0 Å². The number of hydrogen-bond acceptors (Lipinski definition) is 1. The van der Waals surface area contributed by atoms with Gasteiger partial charge in [-0.1, -0.05) is 44.7 Å². The Labute approximate surface area is 123 Å². The number of nitrogens with one attached hydrogen (secondary N) is 2. The summed E-state index contributed by atoms with van der Waals surface area (Å²) in [4.78, 5) is 0. The summed E-state index contributed by atoms with van der Waals surface area (Å²) in [6.45, 7) is 7.43. The minimum atomic E-state index is 0.726.